The molecule has 1 atom stereocenters. The predicted octanol–water partition coefficient (Wildman–Crippen LogP) is 4.56. The molecule has 0 fully saturated rings. The van der Waals surface area contributed by atoms with E-state index in [0.29, 0.717) is 15.6 Å². The summed E-state index contributed by atoms with van der Waals surface area (Å²) in [5.74, 6) is 0. The number of fused-ring (bicyclic) bond motifs is 1. The van der Waals surface area contributed by atoms with Crippen LogP contribution in [-0.2, 0) is 0 Å². The van der Waals surface area contributed by atoms with Crippen LogP contribution < -0.4 is 0 Å². The number of hydrogen-bond donors (Lipinski definition) is 2. The monoisotopic (exact) mass is 291 g/mol. The molecule has 3 rings (SSSR count). The van der Waals surface area contributed by atoms with Crippen molar-refractivity contribution in [1.82, 2.24) is 4.98 Å². The molecule has 2 N–H and O–H groups in total. The number of aliphatic hydroxyl groups excluding tert-OH is 1. The Balaban J connectivity index is 2.04. The van der Waals surface area contributed by atoms with Gasteiger partial charge >= 0.3 is 0 Å². The molecule has 0 bridgehead atoms. The summed E-state index contributed by atoms with van der Waals surface area (Å²) in [7, 11) is 0. The van der Waals surface area contributed by atoms with Crippen molar-refractivity contribution in [3.63, 3.8) is 0 Å². The van der Waals surface area contributed by atoms with Gasteiger partial charge in [-0.1, -0.05) is 29.3 Å². The average Bonchev–Trinajstić information content (AvgIpc) is 2.83. The number of H-pyrrole nitrogens is 1. The summed E-state index contributed by atoms with van der Waals surface area (Å²) in [4.78, 5) is 3.12. The maximum absolute atomic E-state index is 10.4. The number of nitrogens with one attached hydrogen (secondary N) is 1. The summed E-state index contributed by atoms with van der Waals surface area (Å²) in [5, 5.41) is 12.5. The van der Waals surface area contributed by atoms with Crippen molar-refractivity contribution < 1.29 is 5.11 Å². The Hall–Kier alpha value is -1.48. The molecular weight excluding hydrogens is 281 g/mol. The molecule has 0 saturated carbocycles. The van der Waals surface area contributed by atoms with E-state index in [0.717, 1.165) is 16.5 Å². The number of hydrogen-bond acceptors (Lipinski definition) is 1. The first-order valence-corrected chi connectivity index (χ1v) is 6.60. The van der Waals surface area contributed by atoms with Gasteiger partial charge in [0.05, 0.1) is 0 Å². The van der Waals surface area contributed by atoms with E-state index in [1.54, 1.807) is 18.2 Å². The van der Waals surface area contributed by atoms with Gasteiger partial charge in [-0.25, -0.2) is 0 Å². The summed E-state index contributed by atoms with van der Waals surface area (Å²) >= 11 is 11.9. The number of aromatic nitrogens is 1. The van der Waals surface area contributed by atoms with Crippen LogP contribution in [0, 0.1) is 0 Å². The summed E-state index contributed by atoms with van der Waals surface area (Å²) in [6.07, 6.45) is 1.13. The fourth-order valence-corrected chi connectivity index (χ4v) is 2.71. The van der Waals surface area contributed by atoms with Crippen molar-refractivity contribution in [1.29, 1.82) is 0 Å². The lowest BCUT2D eigenvalue weighted by Crippen LogP contribution is -1.99. The van der Waals surface area contributed by atoms with Gasteiger partial charge in [0, 0.05) is 21.8 Å². The van der Waals surface area contributed by atoms with Crippen LogP contribution in [-0.4, -0.2) is 10.1 Å². The summed E-state index contributed by atoms with van der Waals surface area (Å²) in [6, 6.07) is 12.8. The van der Waals surface area contributed by atoms with Gasteiger partial charge in [0.25, 0.3) is 0 Å². The Morgan fingerprint density at radius 1 is 0.895 bits per heavy atom. The van der Waals surface area contributed by atoms with E-state index in [9.17, 15) is 5.11 Å². The van der Waals surface area contributed by atoms with E-state index in [1.165, 1.54) is 0 Å². The van der Waals surface area contributed by atoms with Crippen molar-refractivity contribution in [3.8, 4) is 0 Å². The molecule has 0 amide bonds. The summed E-state index contributed by atoms with van der Waals surface area (Å²) < 4.78 is 0. The van der Waals surface area contributed by atoms with E-state index < -0.39 is 6.10 Å². The van der Waals surface area contributed by atoms with Crippen LogP contribution in [0.2, 0.25) is 10.0 Å². The average molecular weight is 292 g/mol. The van der Waals surface area contributed by atoms with E-state index >= 15 is 0 Å². The van der Waals surface area contributed by atoms with Crippen LogP contribution in [0.3, 0.4) is 0 Å². The second-order valence-corrected chi connectivity index (χ2v) is 5.30. The Morgan fingerprint density at radius 3 is 2.37 bits per heavy atom. The standard InChI is InChI=1S/C15H11Cl2NO/c16-12-6-11(7-13(17)8-12)15(19)10-1-2-14-9(5-10)3-4-18-14/h1-8,15,18-19H. The van der Waals surface area contributed by atoms with E-state index in [2.05, 4.69) is 4.98 Å². The largest absolute Gasteiger partial charge is 0.384 e. The molecule has 0 saturated heterocycles. The Bertz CT molecular complexity index is 716. The summed E-state index contributed by atoms with van der Waals surface area (Å²) in [5.41, 5.74) is 2.54. The normalized spacial score (nSPS) is 12.8. The molecular formula is C15H11Cl2NO. The maximum Gasteiger partial charge on any atom is 0.104 e. The van der Waals surface area contributed by atoms with Crippen molar-refractivity contribution in [2.45, 2.75) is 6.10 Å². The number of benzene rings is 2. The SMILES string of the molecule is OC(c1cc(Cl)cc(Cl)c1)c1ccc2[nH]ccc2c1. The second kappa shape index (κ2) is 4.89. The first-order valence-electron chi connectivity index (χ1n) is 5.84. The highest BCUT2D eigenvalue weighted by Crippen LogP contribution is 2.29. The Morgan fingerprint density at radius 2 is 1.63 bits per heavy atom. The molecule has 0 aliphatic carbocycles. The lowest BCUT2D eigenvalue weighted by atomic mass is 10.0. The van der Waals surface area contributed by atoms with Crippen LogP contribution in [0.1, 0.15) is 17.2 Å². The van der Waals surface area contributed by atoms with Gasteiger partial charge in [-0.3, -0.25) is 0 Å². The van der Waals surface area contributed by atoms with E-state index in [1.807, 2.05) is 30.5 Å². The smallest absolute Gasteiger partial charge is 0.104 e. The van der Waals surface area contributed by atoms with E-state index in [4.69, 9.17) is 23.2 Å². The molecule has 3 aromatic rings. The third kappa shape index (κ3) is 2.47. The number of halogens is 2. The molecule has 1 aromatic heterocycles. The van der Waals surface area contributed by atoms with Gasteiger partial charge in [-0.2, -0.15) is 0 Å². The van der Waals surface area contributed by atoms with Crippen LogP contribution in [0.5, 0.6) is 0 Å². The van der Waals surface area contributed by atoms with Gasteiger partial charge in [-0.15, -0.1) is 0 Å². The first kappa shape index (κ1) is 12.5. The molecule has 2 nitrogen and oxygen atoms in total. The topological polar surface area (TPSA) is 36.0 Å². The van der Waals surface area contributed by atoms with Gasteiger partial charge in [0.2, 0.25) is 0 Å². The molecule has 19 heavy (non-hydrogen) atoms. The van der Waals surface area contributed by atoms with Crippen LogP contribution in [0.15, 0.2) is 48.7 Å². The molecule has 2 aromatic carbocycles. The molecule has 1 heterocycles. The minimum atomic E-state index is -0.740. The third-order valence-corrected chi connectivity index (χ3v) is 3.53. The first-order chi connectivity index (χ1) is 9.13. The molecule has 0 aliphatic heterocycles. The minimum Gasteiger partial charge on any atom is -0.384 e. The predicted molar refractivity (Wildman–Crippen MR) is 78.8 cm³/mol. The van der Waals surface area contributed by atoms with Gasteiger partial charge in [-0.05, 0) is 52.9 Å². The molecule has 0 aliphatic rings. The van der Waals surface area contributed by atoms with E-state index in [-0.39, 0.29) is 0 Å². The molecule has 96 valence electrons. The zero-order valence-electron chi connectivity index (χ0n) is 9.90. The molecule has 0 radical (unpaired) electrons. The van der Waals surface area contributed by atoms with Gasteiger partial charge < -0.3 is 10.1 Å². The molecule has 4 heteroatoms. The van der Waals surface area contributed by atoms with Crippen molar-refractivity contribution in [2.75, 3.05) is 0 Å². The Kier molecular flexibility index (Phi) is 3.23. The molecule has 0 spiro atoms. The van der Waals surface area contributed by atoms with Gasteiger partial charge in [0.15, 0.2) is 0 Å². The highest BCUT2D eigenvalue weighted by molar-refractivity contribution is 6.34. The highest BCUT2D eigenvalue weighted by Gasteiger charge is 2.12. The zero-order valence-corrected chi connectivity index (χ0v) is 11.4. The Labute approximate surface area is 120 Å². The highest BCUT2D eigenvalue weighted by atomic mass is 35.5. The van der Waals surface area contributed by atoms with Crippen molar-refractivity contribution in [3.05, 3.63) is 69.8 Å². The van der Waals surface area contributed by atoms with Crippen LogP contribution in [0.25, 0.3) is 10.9 Å². The lowest BCUT2D eigenvalue weighted by molar-refractivity contribution is 0.220. The van der Waals surface area contributed by atoms with Crippen LogP contribution >= 0.6 is 23.2 Å². The van der Waals surface area contributed by atoms with Crippen molar-refractivity contribution >= 4 is 34.1 Å². The fourth-order valence-electron chi connectivity index (χ4n) is 2.17. The third-order valence-electron chi connectivity index (χ3n) is 3.09. The number of aliphatic hydroxyl groups is 1. The second-order valence-electron chi connectivity index (χ2n) is 4.43. The summed E-state index contributed by atoms with van der Waals surface area (Å²) in [6.45, 7) is 0. The van der Waals surface area contributed by atoms with Gasteiger partial charge in [0.1, 0.15) is 6.10 Å². The molecule has 1 unspecified atom stereocenters. The maximum atomic E-state index is 10.4. The van der Waals surface area contributed by atoms with Crippen molar-refractivity contribution in [2.24, 2.45) is 0 Å². The van der Waals surface area contributed by atoms with Crippen LogP contribution in [0.4, 0.5) is 0 Å². The lowest BCUT2D eigenvalue weighted by Gasteiger charge is -2.12. The number of rotatable bonds is 2. The zero-order chi connectivity index (χ0) is 13.4. The minimum absolute atomic E-state index is 0.518. The fraction of sp³-hybridized carbons (Fsp3) is 0.0667. The number of aromatic amines is 1. The quantitative estimate of drug-likeness (QED) is 0.714.